The summed E-state index contributed by atoms with van der Waals surface area (Å²) in [6, 6.07) is 0. The topological polar surface area (TPSA) is 58.3 Å². The highest BCUT2D eigenvalue weighted by Crippen LogP contribution is 2.24. The molecular formula is C7H18N2O. The average Bonchev–Trinajstić information content (AvgIpc) is 1.88. The number of nitrogens with two attached hydrogens (primary N) is 1. The van der Waals surface area contributed by atoms with Crippen molar-refractivity contribution in [2.75, 3.05) is 13.7 Å². The summed E-state index contributed by atoms with van der Waals surface area (Å²) in [5.74, 6) is 0. The zero-order chi connectivity index (χ0) is 8.41. The number of aliphatic hydroxyl groups excluding tert-OH is 1. The first kappa shape index (κ1) is 9.88. The van der Waals surface area contributed by atoms with E-state index in [1.54, 1.807) is 7.05 Å². The van der Waals surface area contributed by atoms with Crippen LogP contribution < -0.4 is 11.1 Å². The Morgan fingerprint density at radius 3 is 1.90 bits per heavy atom. The Morgan fingerprint density at radius 1 is 1.40 bits per heavy atom. The summed E-state index contributed by atoms with van der Waals surface area (Å²) in [5.41, 5.74) is 5.03. The third-order valence-corrected chi connectivity index (χ3v) is 2.32. The lowest BCUT2D eigenvalue weighted by molar-refractivity contribution is 0.0665. The van der Waals surface area contributed by atoms with Gasteiger partial charge in [-0.2, -0.15) is 0 Å². The van der Waals surface area contributed by atoms with Gasteiger partial charge < -0.3 is 16.2 Å². The highest BCUT2D eigenvalue weighted by molar-refractivity contribution is 4.90. The van der Waals surface area contributed by atoms with Crippen molar-refractivity contribution in [3.63, 3.8) is 0 Å². The molecule has 0 spiro atoms. The van der Waals surface area contributed by atoms with Crippen LogP contribution in [-0.4, -0.2) is 24.4 Å². The van der Waals surface area contributed by atoms with E-state index < -0.39 is 5.66 Å². The number of hydrogen-bond donors (Lipinski definition) is 3. The first-order chi connectivity index (χ1) is 4.37. The fourth-order valence-electron chi connectivity index (χ4n) is 0.503. The second kappa shape index (κ2) is 2.86. The predicted octanol–water partition coefficient (Wildman–Crippen LogP) is -0.101. The summed E-state index contributed by atoms with van der Waals surface area (Å²) in [7, 11) is 1.79. The van der Waals surface area contributed by atoms with Crippen LogP contribution in [-0.2, 0) is 0 Å². The van der Waals surface area contributed by atoms with E-state index in [-0.39, 0.29) is 12.0 Å². The molecule has 10 heavy (non-hydrogen) atoms. The van der Waals surface area contributed by atoms with E-state index in [2.05, 4.69) is 5.32 Å². The zero-order valence-electron chi connectivity index (χ0n) is 7.23. The van der Waals surface area contributed by atoms with Crippen molar-refractivity contribution in [1.82, 2.24) is 5.32 Å². The molecule has 3 nitrogen and oxygen atoms in total. The molecule has 1 atom stereocenters. The van der Waals surface area contributed by atoms with Crippen LogP contribution in [0, 0.1) is 5.41 Å². The van der Waals surface area contributed by atoms with Crippen molar-refractivity contribution in [3.05, 3.63) is 0 Å². The maximum Gasteiger partial charge on any atom is 0.0705 e. The quantitative estimate of drug-likeness (QED) is 0.487. The lowest BCUT2D eigenvalue weighted by atomic mass is 9.81. The smallest absolute Gasteiger partial charge is 0.0705 e. The minimum Gasteiger partial charge on any atom is -0.396 e. The molecule has 0 amide bonds. The van der Waals surface area contributed by atoms with Gasteiger partial charge in [-0.25, -0.2) is 0 Å². The SMILES string of the molecule is CNC(C)(N)C(C)(C)CO. The first-order valence-electron chi connectivity index (χ1n) is 3.46. The van der Waals surface area contributed by atoms with E-state index >= 15 is 0 Å². The van der Waals surface area contributed by atoms with E-state index in [0.717, 1.165) is 0 Å². The fraction of sp³-hybridized carbons (Fsp3) is 1.00. The fourth-order valence-corrected chi connectivity index (χ4v) is 0.503. The van der Waals surface area contributed by atoms with Crippen LogP contribution in [0.2, 0.25) is 0 Å². The Kier molecular flexibility index (Phi) is 2.83. The Hall–Kier alpha value is -0.120. The molecular weight excluding hydrogens is 128 g/mol. The molecule has 0 aromatic rings. The molecule has 0 saturated carbocycles. The van der Waals surface area contributed by atoms with Crippen molar-refractivity contribution in [2.24, 2.45) is 11.1 Å². The molecule has 0 aliphatic heterocycles. The maximum atomic E-state index is 8.94. The van der Waals surface area contributed by atoms with Crippen molar-refractivity contribution in [3.8, 4) is 0 Å². The van der Waals surface area contributed by atoms with Gasteiger partial charge in [-0.15, -0.1) is 0 Å². The van der Waals surface area contributed by atoms with Crippen LogP contribution in [0.4, 0.5) is 0 Å². The van der Waals surface area contributed by atoms with E-state index in [1.165, 1.54) is 0 Å². The van der Waals surface area contributed by atoms with Crippen LogP contribution in [0.25, 0.3) is 0 Å². The van der Waals surface area contributed by atoms with E-state index in [4.69, 9.17) is 10.8 Å². The number of rotatable bonds is 3. The summed E-state index contributed by atoms with van der Waals surface area (Å²) >= 11 is 0. The Labute approximate surface area is 62.6 Å². The Bertz CT molecular complexity index is 96.2. The Balaban J connectivity index is 4.28. The van der Waals surface area contributed by atoms with Gasteiger partial charge in [-0.1, -0.05) is 13.8 Å². The molecule has 0 saturated heterocycles. The normalized spacial score (nSPS) is 18.6. The molecule has 0 aromatic carbocycles. The maximum absolute atomic E-state index is 8.94. The van der Waals surface area contributed by atoms with Crippen LogP contribution in [0.1, 0.15) is 20.8 Å². The van der Waals surface area contributed by atoms with E-state index in [0.29, 0.717) is 0 Å². The van der Waals surface area contributed by atoms with E-state index in [1.807, 2.05) is 20.8 Å². The van der Waals surface area contributed by atoms with Gasteiger partial charge in [-0.3, -0.25) is 0 Å². The van der Waals surface area contributed by atoms with Gasteiger partial charge in [0.25, 0.3) is 0 Å². The molecule has 0 aliphatic rings. The zero-order valence-corrected chi connectivity index (χ0v) is 7.23. The molecule has 4 N–H and O–H groups in total. The second-order valence-electron chi connectivity index (χ2n) is 3.49. The molecule has 0 aliphatic carbocycles. The van der Waals surface area contributed by atoms with Gasteiger partial charge in [0.15, 0.2) is 0 Å². The van der Waals surface area contributed by atoms with Crippen LogP contribution in [0.5, 0.6) is 0 Å². The van der Waals surface area contributed by atoms with Crippen LogP contribution in [0.3, 0.4) is 0 Å². The molecule has 0 radical (unpaired) electrons. The highest BCUT2D eigenvalue weighted by atomic mass is 16.3. The van der Waals surface area contributed by atoms with Crippen molar-refractivity contribution in [1.29, 1.82) is 0 Å². The molecule has 0 fully saturated rings. The lowest BCUT2D eigenvalue weighted by Crippen LogP contribution is -2.60. The molecule has 1 unspecified atom stereocenters. The average molecular weight is 146 g/mol. The van der Waals surface area contributed by atoms with Gasteiger partial charge in [0.05, 0.1) is 12.3 Å². The Morgan fingerprint density at radius 2 is 1.80 bits per heavy atom. The van der Waals surface area contributed by atoms with Crippen LogP contribution >= 0.6 is 0 Å². The van der Waals surface area contributed by atoms with Crippen molar-refractivity contribution < 1.29 is 5.11 Å². The minimum atomic E-state index is -0.512. The predicted molar refractivity (Wildman–Crippen MR) is 42.5 cm³/mol. The van der Waals surface area contributed by atoms with Crippen molar-refractivity contribution in [2.45, 2.75) is 26.4 Å². The molecule has 0 aromatic heterocycles. The summed E-state index contributed by atoms with van der Waals surface area (Å²) in [4.78, 5) is 0. The minimum absolute atomic E-state index is 0.0842. The summed E-state index contributed by atoms with van der Waals surface area (Å²) in [5, 5.41) is 11.9. The van der Waals surface area contributed by atoms with Crippen LogP contribution in [0.15, 0.2) is 0 Å². The number of aliphatic hydroxyl groups is 1. The van der Waals surface area contributed by atoms with E-state index in [9.17, 15) is 0 Å². The first-order valence-corrected chi connectivity index (χ1v) is 3.46. The van der Waals surface area contributed by atoms with Gasteiger partial charge >= 0.3 is 0 Å². The molecule has 3 heteroatoms. The molecule has 62 valence electrons. The summed E-state index contributed by atoms with van der Waals surface area (Å²) < 4.78 is 0. The molecule has 0 bridgehead atoms. The second-order valence-corrected chi connectivity index (χ2v) is 3.49. The largest absolute Gasteiger partial charge is 0.396 e. The van der Waals surface area contributed by atoms with Crippen molar-refractivity contribution >= 4 is 0 Å². The third-order valence-electron chi connectivity index (χ3n) is 2.32. The van der Waals surface area contributed by atoms with Gasteiger partial charge in [0.1, 0.15) is 0 Å². The summed E-state index contributed by atoms with van der Waals surface area (Å²) in [6.45, 7) is 5.79. The lowest BCUT2D eigenvalue weighted by Gasteiger charge is -2.39. The third kappa shape index (κ3) is 1.68. The molecule has 0 heterocycles. The molecule has 0 rings (SSSR count). The van der Waals surface area contributed by atoms with Gasteiger partial charge in [0, 0.05) is 5.41 Å². The van der Waals surface area contributed by atoms with Gasteiger partial charge in [-0.05, 0) is 14.0 Å². The highest BCUT2D eigenvalue weighted by Gasteiger charge is 2.35. The number of nitrogens with one attached hydrogen (secondary N) is 1. The standard InChI is InChI=1S/C7H18N2O/c1-6(2,5-10)7(3,8)9-4/h9-10H,5,8H2,1-4H3. The summed E-state index contributed by atoms with van der Waals surface area (Å²) in [6.07, 6.45) is 0. The monoisotopic (exact) mass is 146 g/mol. The number of hydrogen-bond acceptors (Lipinski definition) is 3. The van der Waals surface area contributed by atoms with Gasteiger partial charge in [0.2, 0.25) is 0 Å².